The van der Waals surface area contributed by atoms with E-state index in [1.165, 1.54) is 0 Å². The molecule has 0 aromatic carbocycles. The number of halogens is 4. The van der Waals surface area contributed by atoms with Crippen LogP contribution < -0.4 is 59.1 Å². The molecular weight excluding hydrogens is 420 g/mol. The molecule has 6 nitrogen and oxygen atoms in total. The second kappa shape index (κ2) is 8.02. The Labute approximate surface area is 179 Å². The fourth-order valence-electron chi connectivity index (χ4n) is 1.25. The first kappa shape index (κ1) is 24.7. The summed E-state index contributed by atoms with van der Waals surface area (Å²) in [5, 5.41) is -4.91. The number of hydrogen-bond donors (Lipinski definition) is 0. The quantitative estimate of drug-likeness (QED) is 0.251. The standard InChI is InChI=1S/C6H4Cl4O6S2.2Na/c7-2-1-3(8)6(10,18(14,15)16)5(4(2)9)17(11,12)13;;/h1,5H,(H,11,12,13)(H,14,15,16);;/q;2*+1/p-2. The summed E-state index contributed by atoms with van der Waals surface area (Å²) in [6, 6.07) is 0. The molecule has 20 heavy (non-hydrogen) atoms. The molecule has 14 heteroatoms. The molecule has 1 aliphatic rings. The Hall–Kier alpha value is 2.46. The molecule has 0 saturated heterocycles. The van der Waals surface area contributed by atoms with Crippen LogP contribution in [-0.2, 0) is 20.2 Å². The van der Waals surface area contributed by atoms with Crippen LogP contribution in [0.15, 0.2) is 21.2 Å². The summed E-state index contributed by atoms with van der Waals surface area (Å²) in [5.41, 5.74) is 0. The van der Waals surface area contributed by atoms with Gasteiger partial charge in [-0.05, 0) is 6.08 Å². The van der Waals surface area contributed by atoms with Gasteiger partial charge in [0.25, 0.3) is 0 Å². The van der Waals surface area contributed by atoms with Crippen molar-refractivity contribution in [2.24, 2.45) is 0 Å². The van der Waals surface area contributed by atoms with Crippen molar-refractivity contribution in [1.29, 1.82) is 0 Å². The first-order valence-electron chi connectivity index (χ1n) is 3.85. The van der Waals surface area contributed by atoms with Gasteiger partial charge in [0.15, 0.2) is 4.21 Å². The van der Waals surface area contributed by atoms with E-state index < -0.39 is 44.8 Å². The monoisotopic (exact) mass is 420 g/mol. The van der Waals surface area contributed by atoms with Crippen LogP contribution >= 0.6 is 46.4 Å². The minimum atomic E-state index is -5.50. The smallest absolute Gasteiger partial charge is 0.747 e. The molecule has 0 aromatic rings. The fourth-order valence-corrected chi connectivity index (χ4v) is 5.58. The normalized spacial score (nSPS) is 27.3. The zero-order chi connectivity index (χ0) is 14.5. The van der Waals surface area contributed by atoms with E-state index in [1.807, 2.05) is 0 Å². The molecule has 0 N–H and O–H groups in total. The van der Waals surface area contributed by atoms with E-state index in [0.29, 0.717) is 6.08 Å². The molecule has 0 radical (unpaired) electrons. The number of alkyl halides is 1. The summed E-state index contributed by atoms with van der Waals surface area (Å²) in [7, 11) is -10.9. The minimum absolute atomic E-state index is 0. The predicted molar refractivity (Wildman–Crippen MR) is 64.4 cm³/mol. The number of hydrogen-bond acceptors (Lipinski definition) is 6. The van der Waals surface area contributed by atoms with Gasteiger partial charge in [-0.15, -0.1) is 0 Å². The third kappa shape index (κ3) is 4.51. The van der Waals surface area contributed by atoms with Crippen LogP contribution in [0.4, 0.5) is 0 Å². The summed E-state index contributed by atoms with van der Waals surface area (Å²) >= 11 is 21.8. The Morgan fingerprint density at radius 2 is 1.45 bits per heavy atom. The van der Waals surface area contributed by atoms with Crippen molar-refractivity contribution < 1.29 is 85.1 Å². The van der Waals surface area contributed by atoms with Crippen molar-refractivity contribution in [3.8, 4) is 0 Å². The van der Waals surface area contributed by atoms with Crippen LogP contribution in [0.3, 0.4) is 0 Å². The van der Waals surface area contributed by atoms with Crippen molar-refractivity contribution in [2.45, 2.75) is 9.46 Å². The molecule has 1 rings (SSSR count). The third-order valence-electron chi connectivity index (χ3n) is 2.03. The molecule has 0 heterocycles. The SMILES string of the molecule is O=S(=O)([O-])C1C(Cl)=C(Cl)C=C(Cl)C1(Cl)S(=O)(=O)[O-].[Na+].[Na+]. The average molecular weight is 422 g/mol. The topological polar surface area (TPSA) is 114 Å². The van der Waals surface area contributed by atoms with Crippen LogP contribution in [0.25, 0.3) is 0 Å². The van der Waals surface area contributed by atoms with Gasteiger partial charge in [0.05, 0.1) is 15.1 Å². The third-order valence-corrected chi connectivity index (χ3v) is 7.22. The zero-order valence-corrected chi connectivity index (χ0v) is 18.6. The van der Waals surface area contributed by atoms with Crippen molar-refractivity contribution in [3.63, 3.8) is 0 Å². The van der Waals surface area contributed by atoms with Crippen LogP contribution in [-0.4, -0.2) is 35.4 Å². The maximum Gasteiger partial charge on any atom is 1.00 e. The predicted octanol–water partition coefficient (Wildman–Crippen LogP) is -4.79. The van der Waals surface area contributed by atoms with Gasteiger partial charge in [-0.2, -0.15) is 0 Å². The molecule has 0 amide bonds. The zero-order valence-electron chi connectivity index (χ0n) is 9.93. The summed E-state index contributed by atoms with van der Waals surface area (Å²) in [5.74, 6) is 0. The van der Waals surface area contributed by atoms with E-state index in [1.54, 1.807) is 0 Å². The molecule has 104 valence electrons. The van der Waals surface area contributed by atoms with E-state index in [9.17, 15) is 25.9 Å². The Morgan fingerprint density at radius 3 is 1.75 bits per heavy atom. The molecule has 0 fully saturated rings. The van der Waals surface area contributed by atoms with Crippen LogP contribution in [0.5, 0.6) is 0 Å². The Balaban J connectivity index is 0. The number of rotatable bonds is 2. The van der Waals surface area contributed by atoms with E-state index in [0.717, 1.165) is 0 Å². The molecule has 0 aliphatic heterocycles. The van der Waals surface area contributed by atoms with Crippen molar-refractivity contribution >= 4 is 66.6 Å². The van der Waals surface area contributed by atoms with Gasteiger partial charge in [-0.25, -0.2) is 16.8 Å². The molecule has 1 aliphatic carbocycles. The molecule has 0 spiro atoms. The second-order valence-corrected chi connectivity index (χ2v) is 8.21. The molecule has 0 aromatic heterocycles. The summed E-state index contributed by atoms with van der Waals surface area (Å²) in [4.78, 5) is 0. The van der Waals surface area contributed by atoms with E-state index in [-0.39, 0.29) is 59.1 Å². The van der Waals surface area contributed by atoms with Crippen molar-refractivity contribution in [2.75, 3.05) is 0 Å². The van der Waals surface area contributed by atoms with Crippen LogP contribution in [0.1, 0.15) is 0 Å². The van der Waals surface area contributed by atoms with E-state index in [2.05, 4.69) is 0 Å². The molecule has 2 atom stereocenters. The van der Waals surface area contributed by atoms with Gasteiger partial charge in [0.1, 0.15) is 25.5 Å². The van der Waals surface area contributed by atoms with Gasteiger partial charge in [-0.3, -0.25) is 0 Å². The largest absolute Gasteiger partial charge is 1.00 e. The van der Waals surface area contributed by atoms with Gasteiger partial charge >= 0.3 is 59.1 Å². The molecule has 0 saturated carbocycles. The van der Waals surface area contributed by atoms with Gasteiger partial charge in [0.2, 0.25) is 0 Å². The molecule has 0 bridgehead atoms. The van der Waals surface area contributed by atoms with Crippen LogP contribution in [0.2, 0.25) is 0 Å². The van der Waals surface area contributed by atoms with Crippen LogP contribution in [0, 0.1) is 0 Å². The van der Waals surface area contributed by atoms with Gasteiger partial charge in [-0.1, -0.05) is 46.4 Å². The summed E-state index contributed by atoms with van der Waals surface area (Å²) < 4.78 is 63.2. The number of allylic oxidation sites excluding steroid dienone is 2. The van der Waals surface area contributed by atoms with Crippen molar-refractivity contribution in [3.05, 3.63) is 21.2 Å². The maximum atomic E-state index is 11.1. The second-order valence-electron chi connectivity index (χ2n) is 3.16. The Bertz CT molecular complexity index is 657. The first-order chi connectivity index (χ1) is 7.83. The molecule has 2 unspecified atom stereocenters. The van der Waals surface area contributed by atoms with E-state index in [4.69, 9.17) is 46.4 Å². The first-order valence-corrected chi connectivity index (χ1v) is 8.24. The molecular formula is C6H2Cl4Na2O6S2. The summed E-state index contributed by atoms with van der Waals surface area (Å²) in [6.45, 7) is 0. The van der Waals surface area contributed by atoms with Crippen molar-refractivity contribution in [1.82, 2.24) is 0 Å². The van der Waals surface area contributed by atoms with Gasteiger partial charge < -0.3 is 9.11 Å². The fraction of sp³-hybridized carbons (Fsp3) is 0.333. The van der Waals surface area contributed by atoms with Gasteiger partial charge in [0, 0.05) is 0 Å². The average Bonchev–Trinajstić information content (AvgIpc) is 2.11. The minimum Gasteiger partial charge on any atom is -0.747 e. The Kier molecular flexibility index (Phi) is 9.91. The van der Waals surface area contributed by atoms with E-state index >= 15 is 0 Å². The maximum absolute atomic E-state index is 11.1. The Morgan fingerprint density at radius 1 is 1.05 bits per heavy atom. The summed E-state index contributed by atoms with van der Waals surface area (Å²) in [6.07, 6.45) is 0.690.